The molecule has 10 heteroatoms. The van der Waals surface area contributed by atoms with Crippen LogP contribution in [0, 0.1) is 5.41 Å². The highest BCUT2D eigenvalue weighted by atomic mass is 32.2. The Morgan fingerprint density at radius 1 is 1.11 bits per heavy atom. The first-order valence-corrected chi connectivity index (χ1v) is 9.75. The summed E-state index contributed by atoms with van der Waals surface area (Å²) in [7, 11) is -2.67. The summed E-state index contributed by atoms with van der Waals surface area (Å²) in [5.74, 6) is -1.01. The van der Waals surface area contributed by atoms with Crippen LogP contribution in [0.2, 0.25) is 0 Å². The van der Waals surface area contributed by atoms with E-state index in [4.69, 9.17) is 4.42 Å². The molecule has 1 atom stereocenters. The topological polar surface area (TPSA) is 88.4 Å². The number of carbonyl (C=O) groups is 1. The summed E-state index contributed by atoms with van der Waals surface area (Å²) in [4.78, 5) is 12.5. The van der Waals surface area contributed by atoms with Crippen molar-refractivity contribution in [1.82, 2.24) is 10.0 Å². The second kappa shape index (κ2) is 7.59. The number of alkyl halides is 3. The molecule has 0 saturated carbocycles. The van der Waals surface area contributed by atoms with E-state index >= 15 is 0 Å². The molecule has 0 spiro atoms. The first-order chi connectivity index (χ1) is 12.8. The number of halogens is 3. The van der Waals surface area contributed by atoms with Crippen molar-refractivity contribution < 1.29 is 30.8 Å². The third-order valence-corrected chi connectivity index (χ3v) is 5.31. The summed E-state index contributed by atoms with van der Waals surface area (Å²) in [6.45, 7) is 5.28. The fourth-order valence-electron chi connectivity index (χ4n) is 2.58. The highest BCUT2D eigenvalue weighted by molar-refractivity contribution is 7.89. The number of sulfonamides is 1. The van der Waals surface area contributed by atoms with Crippen LogP contribution < -0.4 is 10.0 Å². The van der Waals surface area contributed by atoms with Crippen molar-refractivity contribution >= 4 is 15.9 Å². The predicted molar refractivity (Wildman–Crippen MR) is 96.1 cm³/mol. The second-order valence-electron chi connectivity index (χ2n) is 7.22. The summed E-state index contributed by atoms with van der Waals surface area (Å²) in [5, 5.41) is 2.20. The van der Waals surface area contributed by atoms with Gasteiger partial charge in [0.25, 0.3) is 15.9 Å². The molecule has 0 bridgehead atoms. The lowest BCUT2D eigenvalue weighted by atomic mass is 9.82. The van der Waals surface area contributed by atoms with Crippen molar-refractivity contribution in [1.29, 1.82) is 0 Å². The summed E-state index contributed by atoms with van der Waals surface area (Å²) >= 11 is 0. The Morgan fingerprint density at radius 2 is 1.75 bits per heavy atom. The second-order valence-corrected chi connectivity index (χ2v) is 9.04. The van der Waals surface area contributed by atoms with Gasteiger partial charge in [0.15, 0.2) is 5.76 Å². The van der Waals surface area contributed by atoms with Crippen LogP contribution in [-0.4, -0.2) is 21.4 Å². The van der Waals surface area contributed by atoms with E-state index in [1.807, 2.05) is 0 Å². The molecule has 0 aliphatic rings. The number of benzene rings is 1. The number of furan rings is 1. The molecule has 2 aromatic rings. The van der Waals surface area contributed by atoms with Gasteiger partial charge in [0.2, 0.25) is 5.09 Å². The molecule has 154 valence electrons. The van der Waals surface area contributed by atoms with Gasteiger partial charge in [-0.25, -0.2) is 13.1 Å². The lowest BCUT2D eigenvalue weighted by Crippen LogP contribution is -2.36. The molecule has 0 saturated heterocycles. The molecule has 2 rings (SSSR count). The van der Waals surface area contributed by atoms with Crippen molar-refractivity contribution in [2.45, 2.75) is 38.1 Å². The smallest absolute Gasteiger partial charge is 0.416 e. The SMILES string of the molecule is CNS(=O)(=O)c1ccc(C(=O)NC(c2cccc(C(F)(F)F)c2)C(C)(C)C)o1. The van der Waals surface area contributed by atoms with E-state index in [-0.39, 0.29) is 11.3 Å². The minimum Gasteiger partial charge on any atom is -0.438 e. The van der Waals surface area contributed by atoms with E-state index in [0.29, 0.717) is 0 Å². The molecule has 1 aromatic heterocycles. The maximum atomic E-state index is 13.0. The van der Waals surface area contributed by atoms with Gasteiger partial charge >= 0.3 is 6.18 Å². The molecule has 0 aliphatic heterocycles. The van der Waals surface area contributed by atoms with E-state index in [0.717, 1.165) is 18.2 Å². The highest BCUT2D eigenvalue weighted by Crippen LogP contribution is 2.36. The molecular formula is C18H21F3N2O4S. The van der Waals surface area contributed by atoms with E-state index in [2.05, 4.69) is 10.0 Å². The van der Waals surface area contributed by atoms with Gasteiger partial charge in [-0.15, -0.1) is 0 Å². The molecule has 28 heavy (non-hydrogen) atoms. The fourth-order valence-corrected chi connectivity index (χ4v) is 3.23. The summed E-state index contributed by atoms with van der Waals surface area (Å²) in [5.41, 5.74) is -1.19. The van der Waals surface area contributed by atoms with Crippen molar-refractivity contribution in [3.8, 4) is 0 Å². The Labute approximate surface area is 161 Å². The Kier molecular flexibility index (Phi) is 5.95. The van der Waals surface area contributed by atoms with Crippen molar-refractivity contribution in [2.75, 3.05) is 7.05 Å². The average molecular weight is 418 g/mol. The monoisotopic (exact) mass is 418 g/mol. The Hall–Kier alpha value is -2.33. The van der Waals surface area contributed by atoms with Crippen LogP contribution in [0.3, 0.4) is 0 Å². The number of carbonyl (C=O) groups excluding carboxylic acids is 1. The minimum atomic E-state index is -4.51. The van der Waals surface area contributed by atoms with Gasteiger partial charge in [-0.1, -0.05) is 32.9 Å². The van der Waals surface area contributed by atoms with Gasteiger partial charge in [0, 0.05) is 0 Å². The van der Waals surface area contributed by atoms with E-state index < -0.39 is 44.2 Å². The van der Waals surface area contributed by atoms with Gasteiger partial charge in [0.1, 0.15) is 0 Å². The number of hydrogen-bond acceptors (Lipinski definition) is 4. The maximum Gasteiger partial charge on any atom is 0.416 e. The molecule has 0 radical (unpaired) electrons. The summed E-state index contributed by atoms with van der Waals surface area (Å²) < 4.78 is 69.7. The largest absolute Gasteiger partial charge is 0.438 e. The first-order valence-electron chi connectivity index (χ1n) is 8.27. The van der Waals surface area contributed by atoms with E-state index in [1.165, 1.54) is 25.2 Å². The van der Waals surface area contributed by atoms with Crippen molar-refractivity contribution in [2.24, 2.45) is 5.41 Å². The van der Waals surface area contributed by atoms with Crippen LogP contribution in [0.1, 0.15) is 48.5 Å². The van der Waals surface area contributed by atoms with E-state index in [9.17, 15) is 26.4 Å². The molecule has 1 unspecified atom stereocenters. The third kappa shape index (κ3) is 4.93. The van der Waals surface area contributed by atoms with Crippen molar-refractivity contribution in [3.63, 3.8) is 0 Å². The van der Waals surface area contributed by atoms with Gasteiger partial charge in [-0.05, 0) is 42.3 Å². The molecule has 0 aliphatic carbocycles. The Morgan fingerprint density at radius 3 is 2.29 bits per heavy atom. The van der Waals surface area contributed by atoms with Crippen LogP contribution in [0.15, 0.2) is 45.9 Å². The normalized spacial score (nSPS) is 14.0. The molecule has 1 heterocycles. The lowest BCUT2D eigenvalue weighted by molar-refractivity contribution is -0.137. The molecular weight excluding hydrogens is 397 g/mol. The molecule has 1 aromatic carbocycles. The van der Waals surface area contributed by atoms with Crippen LogP contribution in [0.4, 0.5) is 13.2 Å². The van der Waals surface area contributed by atoms with Gasteiger partial charge < -0.3 is 9.73 Å². The maximum absolute atomic E-state index is 13.0. The van der Waals surface area contributed by atoms with Gasteiger partial charge in [-0.3, -0.25) is 4.79 Å². The summed E-state index contributed by atoms with van der Waals surface area (Å²) in [6, 6.07) is 6.22. The molecule has 6 nitrogen and oxygen atoms in total. The van der Waals surface area contributed by atoms with Crippen LogP contribution >= 0.6 is 0 Å². The quantitative estimate of drug-likeness (QED) is 0.775. The molecule has 1 amide bonds. The van der Waals surface area contributed by atoms with Crippen LogP contribution in [0.25, 0.3) is 0 Å². The fraction of sp³-hybridized carbons (Fsp3) is 0.389. The summed E-state index contributed by atoms with van der Waals surface area (Å²) in [6.07, 6.45) is -4.51. The van der Waals surface area contributed by atoms with Gasteiger partial charge in [-0.2, -0.15) is 13.2 Å². The highest BCUT2D eigenvalue weighted by Gasteiger charge is 2.34. The van der Waals surface area contributed by atoms with Gasteiger partial charge in [0.05, 0.1) is 11.6 Å². The Balaban J connectivity index is 2.35. The van der Waals surface area contributed by atoms with Crippen LogP contribution in [-0.2, 0) is 16.2 Å². The molecule has 0 fully saturated rings. The lowest BCUT2D eigenvalue weighted by Gasteiger charge is -2.32. The van der Waals surface area contributed by atoms with E-state index in [1.54, 1.807) is 20.8 Å². The zero-order valence-corrected chi connectivity index (χ0v) is 16.5. The predicted octanol–water partition coefficient (Wildman–Crippen LogP) is 3.72. The van der Waals surface area contributed by atoms with Crippen molar-refractivity contribution in [3.05, 3.63) is 53.3 Å². The number of amides is 1. The standard InChI is InChI=1S/C18H21F3N2O4S/c1-17(2,3)15(11-6-5-7-12(10-11)18(19,20)21)23-16(24)13-8-9-14(27-13)28(25,26)22-4/h5-10,15,22H,1-4H3,(H,23,24). The first kappa shape index (κ1) is 22.0. The Bertz CT molecular complexity index is 960. The third-order valence-electron chi connectivity index (χ3n) is 4.03. The number of rotatable bonds is 5. The molecule has 2 N–H and O–H groups in total. The number of nitrogens with one attached hydrogen (secondary N) is 2. The average Bonchev–Trinajstić information content (AvgIpc) is 3.09. The number of hydrogen-bond donors (Lipinski definition) is 2. The minimum absolute atomic E-state index is 0.268. The zero-order valence-electron chi connectivity index (χ0n) is 15.7. The zero-order chi connectivity index (χ0) is 21.3. The van der Waals surface area contributed by atoms with Crippen LogP contribution in [0.5, 0.6) is 0 Å².